The smallest absolute Gasteiger partial charge is 0.241 e. The van der Waals surface area contributed by atoms with Gasteiger partial charge in [0.25, 0.3) is 0 Å². The number of benzene rings is 1. The number of ketones is 1. The van der Waals surface area contributed by atoms with Crippen molar-refractivity contribution in [3.63, 3.8) is 0 Å². The van der Waals surface area contributed by atoms with E-state index in [2.05, 4.69) is 13.8 Å². The number of hydrogen-bond acceptors (Lipinski definition) is 4. The van der Waals surface area contributed by atoms with E-state index in [1.165, 1.54) is 0 Å². The number of carbonyl (C=O) groups is 2. The first-order valence-corrected chi connectivity index (χ1v) is 9.55. The lowest BCUT2D eigenvalue weighted by Crippen LogP contribution is -2.50. The van der Waals surface area contributed by atoms with Crippen LogP contribution in [-0.4, -0.2) is 23.7 Å². The molecular weight excluding hydrogens is 354 g/mol. The molecule has 5 nitrogen and oxygen atoms in total. The summed E-state index contributed by atoms with van der Waals surface area (Å²) >= 11 is 0. The number of amides is 1. The normalized spacial score (nSPS) is 26.2. The molecule has 1 saturated carbocycles. The van der Waals surface area contributed by atoms with Gasteiger partial charge in [-0.15, -0.1) is 0 Å². The van der Waals surface area contributed by atoms with E-state index in [9.17, 15) is 9.59 Å². The second kappa shape index (κ2) is 6.66. The van der Waals surface area contributed by atoms with Gasteiger partial charge in [0, 0.05) is 18.5 Å². The predicted molar refractivity (Wildman–Crippen MR) is 105 cm³/mol. The molecule has 1 aromatic heterocycles. The lowest BCUT2D eigenvalue weighted by Gasteiger charge is -2.41. The molecule has 0 N–H and O–H groups in total. The molecule has 2 aliphatic rings. The van der Waals surface area contributed by atoms with Gasteiger partial charge in [0.2, 0.25) is 5.91 Å². The summed E-state index contributed by atoms with van der Waals surface area (Å²) in [4.78, 5) is 28.6. The highest BCUT2D eigenvalue weighted by Crippen LogP contribution is 2.56. The van der Waals surface area contributed by atoms with Crippen molar-refractivity contribution in [1.29, 1.82) is 0 Å². The summed E-state index contributed by atoms with van der Waals surface area (Å²) in [5.74, 6) is 1.05. The van der Waals surface area contributed by atoms with Crippen LogP contribution < -0.4 is 4.74 Å². The minimum atomic E-state index is -1.07. The molecule has 1 spiro atoms. The zero-order valence-corrected chi connectivity index (χ0v) is 16.5. The van der Waals surface area contributed by atoms with Crippen LogP contribution in [0.25, 0.3) is 0 Å². The van der Waals surface area contributed by atoms with Crippen molar-refractivity contribution in [3.8, 4) is 5.75 Å². The fourth-order valence-electron chi connectivity index (χ4n) is 4.70. The van der Waals surface area contributed by atoms with Crippen molar-refractivity contribution in [2.75, 3.05) is 7.11 Å². The average Bonchev–Trinajstić information content (AvgIpc) is 3.25. The van der Waals surface area contributed by atoms with Gasteiger partial charge in [0.05, 0.1) is 19.9 Å². The molecule has 4 rings (SSSR count). The van der Waals surface area contributed by atoms with E-state index >= 15 is 0 Å². The highest BCUT2D eigenvalue weighted by molar-refractivity contribution is 6.10. The maximum atomic E-state index is 13.7. The fourth-order valence-corrected chi connectivity index (χ4v) is 4.70. The highest BCUT2D eigenvalue weighted by Gasteiger charge is 2.61. The Kier molecular flexibility index (Phi) is 4.41. The summed E-state index contributed by atoms with van der Waals surface area (Å²) in [5, 5.41) is 0. The van der Waals surface area contributed by atoms with E-state index in [0.29, 0.717) is 25.1 Å². The number of hydrogen-bond donors (Lipinski definition) is 0. The molecule has 2 heterocycles. The van der Waals surface area contributed by atoms with Gasteiger partial charge in [-0.05, 0) is 41.7 Å². The van der Waals surface area contributed by atoms with Crippen LogP contribution in [0, 0.1) is 10.8 Å². The van der Waals surface area contributed by atoms with Gasteiger partial charge in [-0.3, -0.25) is 9.59 Å². The molecule has 0 bridgehead atoms. The van der Waals surface area contributed by atoms with Crippen molar-refractivity contribution in [2.45, 2.75) is 39.2 Å². The highest BCUT2D eigenvalue weighted by atomic mass is 16.5. The first kappa shape index (κ1) is 18.5. The number of allylic oxidation sites excluding steroid dienone is 1. The van der Waals surface area contributed by atoms with E-state index in [0.717, 1.165) is 11.3 Å². The molecule has 1 fully saturated rings. The number of nitrogens with zero attached hydrogens (tertiary/aromatic N) is 1. The molecule has 0 saturated heterocycles. The van der Waals surface area contributed by atoms with Gasteiger partial charge >= 0.3 is 0 Å². The van der Waals surface area contributed by atoms with Crippen LogP contribution in [0.3, 0.4) is 0 Å². The summed E-state index contributed by atoms with van der Waals surface area (Å²) in [6.45, 7) is 4.45. The van der Waals surface area contributed by atoms with E-state index < -0.39 is 5.41 Å². The van der Waals surface area contributed by atoms with Gasteiger partial charge in [-0.2, -0.15) is 0 Å². The summed E-state index contributed by atoms with van der Waals surface area (Å²) in [5.41, 5.74) is -0.326. The largest absolute Gasteiger partial charge is 0.497 e. The summed E-state index contributed by atoms with van der Waals surface area (Å²) in [7, 11) is 1.62. The summed E-state index contributed by atoms with van der Waals surface area (Å²) in [6, 6.07) is 11.3. The third-order valence-electron chi connectivity index (χ3n) is 5.91. The lowest BCUT2D eigenvalue weighted by atomic mass is 9.66. The first-order chi connectivity index (χ1) is 13.4. The molecule has 0 unspecified atom stereocenters. The molecule has 5 heteroatoms. The minimum absolute atomic E-state index is 0.0251. The van der Waals surface area contributed by atoms with Crippen molar-refractivity contribution >= 4 is 11.7 Å². The topological polar surface area (TPSA) is 59.8 Å². The van der Waals surface area contributed by atoms with Crippen LogP contribution >= 0.6 is 0 Å². The van der Waals surface area contributed by atoms with Crippen LogP contribution in [0.4, 0.5) is 0 Å². The summed E-state index contributed by atoms with van der Waals surface area (Å²) < 4.78 is 10.7. The number of ether oxygens (including phenoxy) is 1. The van der Waals surface area contributed by atoms with E-state index in [-0.39, 0.29) is 23.0 Å². The Morgan fingerprint density at radius 1 is 1.18 bits per heavy atom. The van der Waals surface area contributed by atoms with Gasteiger partial charge in [0.15, 0.2) is 0 Å². The molecule has 146 valence electrons. The number of Topliss-reactive ketones (excluding diaryl/α,β-unsaturated/α-hetero) is 1. The quantitative estimate of drug-likeness (QED) is 0.743. The van der Waals surface area contributed by atoms with Crippen molar-refractivity contribution in [2.24, 2.45) is 10.8 Å². The Hall–Kier alpha value is -2.82. The van der Waals surface area contributed by atoms with Gasteiger partial charge < -0.3 is 14.1 Å². The van der Waals surface area contributed by atoms with Crippen LogP contribution in [0.15, 0.2) is 59.4 Å². The summed E-state index contributed by atoms with van der Waals surface area (Å²) in [6.07, 6.45) is 6.32. The molecule has 0 radical (unpaired) electrons. The van der Waals surface area contributed by atoms with E-state index in [1.54, 1.807) is 30.5 Å². The van der Waals surface area contributed by atoms with Gasteiger partial charge in [-0.25, -0.2) is 0 Å². The molecule has 1 amide bonds. The predicted octanol–water partition coefficient (Wildman–Crippen LogP) is 4.30. The Morgan fingerprint density at radius 3 is 2.50 bits per heavy atom. The van der Waals surface area contributed by atoms with Gasteiger partial charge in [-0.1, -0.05) is 32.1 Å². The second-order valence-corrected chi connectivity index (χ2v) is 8.52. The van der Waals surface area contributed by atoms with Gasteiger partial charge in [0.1, 0.15) is 22.7 Å². The third kappa shape index (κ3) is 2.95. The Bertz CT molecular complexity index is 911. The van der Waals surface area contributed by atoms with E-state index in [4.69, 9.17) is 9.15 Å². The third-order valence-corrected chi connectivity index (χ3v) is 5.91. The maximum Gasteiger partial charge on any atom is 0.241 e. The average molecular weight is 379 g/mol. The zero-order chi connectivity index (χ0) is 19.9. The maximum absolute atomic E-state index is 13.7. The lowest BCUT2D eigenvalue weighted by molar-refractivity contribution is -0.148. The number of methoxy groups -OCH3 is 1. The number of rotatable bonds is 4. The molecular formula is C23H25NO4. The van der Waals surface area contributed by atoms with Crippen molar-refractivity contribution in [1.82, 2.24) is 4.90 Å². The zero-order valence-electron chi connectivity index (χ0n) is 16.5. The Labute approximate surface area is 165 Å². The monoisotopic (exact) mass is 379 g/mol. The SMILES string of the molecule is COc1ccc([C@H]2C=CN(Cc3ccco3)C(=O)[C@]23CC(C)(C)CC3=O)cc1. The first-order valence-electron chi connectivity index (χ1n) is 9.55. The van der Waals surface area contributed by atoms with Crippen molar-refractivity contribution < 1.29 is 18.7 Å². The second-order valence-electron chi connectivity index (χ2n) is 8.52. The molecule has 1 aliphatic heterocycles. The van der Waals surface area contributed by atoms with Crippen LogP contribution in [0.2, 0.25) is 0 Å². The fraction of sp³-hybridized carbons (Fsp3) is 0.391. The van der Waals surface area contributed by atoms with Crippen LogP contribution in [0.5, 0.6) is 5.75 Å². The molecule has 2 aromatic rings. The standard InChI is InChI=1S/C23H25NO4/c1-22(2)13-20(25)23(15-22)19(16-6-8-17(27-3)9-7-16)10-11-24(21(23)26)14-18-5-4-12-28-18/h4-12,19H,13-15H2,1-3H3/t19-,23-/m1/s1. The number of furan rings is 1. The minimum Gasteiger partial charge on any atom is -0.497 e. The van der Waals surface area contributed by atoms with Crippen molar-refractivity contribution in [3.05, 3.63) is 66.3 Å². The van der Waals surface area contributed by atoms with Crippen LogP contribution in [0.1, 0.15) is 43.9 Å². The Balaban J connectivity index is 1.77. The molecule has 28 heavy (non-hydrogen) atoms. The Morgan fingerprint density at radius 2 is 1.93 bits per heavy atom. The number of carbonyl (C=O) groups excluding carboxylic acids is 2. The molecule has 1 aromatic carbocycles. The van der Waals surface area contributed by atoms with Crippen LogP contribution in [-0.2, 0) is 16.1 Å². The molecule has 1 aliphatic carbocycles. The van der Waals surface area contributed by atoms with E-state index in [1.807, 2.05) is 36.4 Å². The molecule has 2 atom stereocenters.